The molecule has 2 fully saturated rings. The van der Waals surface area contributed by atoms with Gasteiger partial charge in [-0.15, -0.1) is 0 Å². The second-order valence-electron chi connectivity index (χ2n) is 8.38. The second kappa shape index (κ2) is 7.63. The van der Waals surface area contributed by atoms with Gasteiger partial charge in [0.05, 0.1) is 29.7 Å². The molecule has 154 valence electrons. The first-order valence-corrected chi connectivity index (χ1v) is 10.2. The van der Waals surface area contributed by atoms with E-state index in [1.54, 1.807) is 0 Å². The Kier molecular flexibility index (Phi) is 5.17. The van der Waals surface area contributed by atoms with E-state index in [-0.39, 0.29) is 17.9 Å². The summed E-state index contributed by atoms with van der Waals surface area (Å²) in [7, 11) is 0. The van der Waals surface area contributed by atoms with Crippen LogP contribution in [0.3, 0.4) is 0 Å². The quantitative estimate of drug-likeness (QED) is 0.737. The summed E-state index contributed by atoms with van der Waals surface area (Å²) in [6.07, 6.45) is 1.28. The highest BCUT2D eigenvalue weighted by Crippen LogP contribution is 2.42. The number of carbonyl (C=O) groups is 2. The summed E-state index contributed by atoms with van der Waals surface area (Å²) in [5.41, 5.74) is 3.05. The Hall–Kier alpha value is -2.67. The number of nitrogens with one attached hydrogen (secondary N) is 2. The zero-order valence-corrected chi connectivity index (χ0v) is 16.9. The number of hydrogen-bond acceptors (Lipinski definition) is 4. The van der Waals surface area contributed by atoms with Crippen molar-refractivity contribution in [1.82, 2.24) is 20.4 Å². The van der Waals surface area contributed by atoms with Crippen LogP contribution in [0, 0.1) is 19.3 Å². The highest BCUT2D eigenvalue weighted by molar-refractivity contribution is 5.85. The van der Waals surface area contributed by atoms with Crippen LogP contribution in [0.15, 0.2) is 30.3 Å². The molecule has 0 radical (unpaired) electrons. The summed E-state index contributed by atoms with van der Waals surface area (Å²) in [6.45, 7) is 4.88. The van der Waals surface area contributed by atoms with E-state index in [1.165, 1.54) is 0 Å². The third kappa shape index (κ3) is 3.67. The van der Waals surface area contributed by atoms with Crippen molar-refractivity contribution < 1.29 is 14.7 Å². The Morgan fingerprint density at radius 1 is 1.24 bits per heavy atom. The van der Waals surface area contributed by atoms with Crippen LogP contribution in [0.1, 0.15) is 47.8 Å². The van der Waals surface area contributed by atoms with E-state index in [9.17, 15) is 14.7 Å². The predicted octanol–water partition coefficient (Wildman–Crippen LogP) is 1.80. The van der Waals surface area contributed by atoms with Crippen molar-refractivity contribution in [3.05, 3.63) is 52.8 Å². The number of amides is 2. The zero-order valence-electron chi connectivity index (χ0n) is 16.9. The number of hydrogen-bond donors (Lipinski definition) is 3. The molecule has 7 heteroatoms. The van der Waals surface area contributed by atoms with Crippen LogP contribution in [0.25, 0.3) is 0 Å². The monoisotopic (exact) mass is 396 g/mol. The molecule has 4 rings (SSSR count). The van der Waals surface area contributed by atoms with Crippen molar-refractivity contribution in [3.63, 3.8) is 0 Å². The van der Waals surface area contributed by atoms with E-state index in [2.05, 4.69) is 15.5 Å². The van der Waals surface area contributed by atoms with E-state index in [0.717, 1.165) is 22.5 Å². The zero-order chi connectivity index (χ0) is 20.6. The van der Waals surface area contributed by atoms with E-state index < -0.39 is 11.5 Å². The minimum atomic E-state index is -0.631. The van der Waals surface area contributed by atoms with Gasteiger partial charge < -0.3 is 15.3 Å². The summed E-state index contributed by atoms with van der Waals surface area (Å²) in [4.78, 5) is 27.6. The SMILES string of the molecule is Cc1n[nH]c(C)c1CC(=O)N1CCC2(CC1)C[C@@H](O)[C@H](c1ccccc1)NC2=O. The molecule has 1 aromatic heterocycles. The molecule has 2 aromatic rings. The summed E-state index contributed by atoms with van der Waals surface area (Å²) < 4.78 is 0. The number of aryl methyl sites for hydroxylation is 2. The topological polar surface area (TPSA) is 98.3 Å². The first-order valence-electron chi connectivity index (χ1n) is 10.2. The minimum Gasteiger partial charge on any atom is -0.391 e. The molecule has 3 N–H and O–H groups in total. The van der Waals surface area contributed by atoms with Gasteiger partial charge in [0.15, 0.2) is 0 Å². The average Bonchev–Trinajstić information content (AvgIpc) is 3.04. The van der Waals surface area contributed by atoms with Gasteiger partial charge >= 0.3 is 0 Å². The van der Waals surface area contributed by atoms with Crippen LogP contribution >= 0.6 is 0 Å². The number of carbonyl (C=O) groups excluding carboxylic acids is 2. The maximum atomic E-state index is 13.0. The lowest BCUT2D eigenvalue weighted by Crippen LogP contribution is -2.57. The summed E-state index contributed by atoms with van der Waals surface area (Å²) in [6, 6.07) is 9.21. The highest BCUT2D eigenvalue weighted by Gasteiger charge is 2.49. The lowest BCUT2D eigenvalue weighted by molar-refractivity contribution is -0.148. The minimum absolute atomic E-state index is 0.00900. The number of aliphatic hydroxyl groups excluding tert-OH is 1. The molecule has 2 aliphatic heterocycles. The molecule has 7 nitrogen and oxygen atoms in total. The number of aromatic amines is 1. The summed E-state index contributed by atoms with van der Waals surface area (Å²) in [5.74, 6) is 0.0525. The van der Waals surface area contributed by atoms with E-state index in [4.69, 9.17) is 0 Å². The van der Waals surface area contributed by atoms with E-state index in [0.29, 0.717) is 38.8 Å². The van der Waals surface area contributed by atoms with Gasteiger partial charge in [0.1, 0.15) is 0 Å². The Bertz CT molecular complexity index is 881. The molecule has 2 atom stereocenters. The van der Waals surface area contributed by atoms with Gasteiger partial charge in [-0.3, -0.25) is 14.7 Å². The number of piperidine rings is 2. The van der Waals surface area contributed by atoms with Crippen LogP contribution in [0.4, 0.5) is 0 Å². The predicted molar refractivity (Wildman–Crippen MR) is 108 cm³/mol. The maximum Gasteiger partial charge on any atom is 0.227 e. The molecule has 1 aromatic carbocycles. The highest BCUT2D eigenvalue weighted by atomic mass is 16.3. The van der Waals surface area contributed by atoms with Crippen molar-refractivity contribution in [3.8, 4) is 0 Å². The van der Waals surface area contributed by atoms with Crippen LogP contribution in [-0.2, 0) is 16.0 Å². The molecule has 0 bridgehead atoms. The molecule has 2 amide bonds. The number of H-pyrrole nitrogens is 1. The van der Waals surface area contributed by atoms with Gasteiger partial charge in [-0.05, 0) is 38.7 Å². The van der Waals surface area contributed by atoms with Crippen LogP contribution in [0.2, 0.25) is 0 Å². The Morgan fingerprint density at radius 2 is 1.93 bits per heavy atom. The lowest BCUT2D eigenvalue weighted by atomic mass is 9.69. The fourth-order valence-corrected chi connectivity index (χ4v) is 4.68. The number of likely N-dealkylation sites (tertiary alicyclic amines) is 1. The van der Waals surface area contributed by atoms with Crippen molar-refractivity contribution in [1.29, 1.82) is 0 Å². The number of aromatic nitrogens is 2. The molecule has 0 unspecified atom stereocenters. The van der Waals surface area contributed by atoms with E-state index >= 15 is 0 Å². The van der Waals surface area contributed by atoms with Crippen molar-refractivity contribution in [2.24, 2.45) is 5.41 Å². The fourth-order valence-electron chi connectivity index (χ4n) is 4.68. The van der Waals surface area contributed by atoms with Gasteiger partial charge in [-0.25, -0.2) is 0 Å². The lowest BCUT2D eigenvalue weighted by Gasteiger charge is -2.46. The molecule has 0 saturated carbocycles. The van der Waals surface area contributed by atoms with Crippen molar-refractivity contribution in [2.75, 3.05) is 13.1 Å². The number of rotatable bonds is 3. The van der Waals surface area contributed by atoms with Crippen molar-refractivity contribution in [2.45, 2.75) is 51.7 Å². The molecule has 29 heavy (non-hydrogen) atoms. The van der Waals surface area contributed by atoms with Gasteiger partial charge in [0, 0.05) is 24.3 Å². The Labute approximate surface area is 170 Å². The fraction of sp³-hybridized carbons (Fsp3) is 0.500. The average molecular weight is 396 g/mol. The molecule has 3 heterocycles. The van der Waals surface area contributed by atoms with Crippen LogP contribution in [0.5, 0.6) is 0 Å². The van der Waals surface area contributed by atoms with E-state index in [1.807, 2.05) is 49.1 Å². The third-order valence-electron chi connectivity index (χ3n) is 6.59. The smallest absolute Gasteiger partial charge is 0.227 e. The number of aliphatic hydroxyl groups is 1. The van der Waals surface area contributed by atoms with Gasteiger partial charge in [-0.2, -0.15) is 5.10 Å². The molecule has 1 spiro atoms. The molecular weight excluding hydrogens is 368 g/mol. The largest absolute Gasteiger partial charge is 0.391 e. The van der Waals surface area contributed by atoms with Crippen LogP contribution in [-0.4, -0.2) is 51.2 Å². The summed E-state index contributed by atoms with van der Waals surface area (Å²) >= 11 is 0. The van der Waals surface area contributed by atoms with Crippen molar-refractivity contribution >= 4 is 11.8 Å². The van der Waals surface area contributed by atoms with Gasteiger partial charge in [-0.1, -0.05) is 30.3 Å². The molecular formula is C22H28N4O3. The standard InChI is InChI=1S/C22H28N4O3/c1-14-17(15(2)25-24-14)12-19(28)26-10-8-22(9-11-26)13-18(27)20(23-21(22)29)16-6-4-3-5-7-16/h3-7,18,20,27H,8-13H2,1-2H3,(H,23,29)(H,24,25)/t18-,20+/m1/s1. The number of benzene rings is 1. The molecule has 2 aliphatic rings. The third-order valence-corrected chi connectivity index (χ3v) is 6.59. The summed E-state index contributed by atoms with van der Waals surface area (Å²) in [5, 5.41) is 20.9. The molecule has 0 aliphatic carbocycles. The number of nitrogens with zero attached hydrogens (tertiary/aromatic N) is 2. The Balaban J connectivity index is 1.40. The van der Waals surface area contributed by atoms with Crippen LogP contribution < -0.4 is 5.32 Å². The maximum absolute atomic E-state index is 13.0. The first-order chi connectivity index (χ1) is 13.9. The second-order valence-corrected chi connectivity index (χ2v) is 8.38. The first kappa shape index (κ1) is 19.6. The normalized spacial score (nSPS) is 23.8. The Morgan fingerprint density at radius 3 is 2.55 bits per heavy atom. The van der Waals surface area contributed by atoms with Gasteiger partial charge in [0.25, 0.3) is 0 Å². The van der Waals surface area contributed by atoms with Gasteiger partial charge in [0.2, 0.25) is 11.8 Å². The molecule has 2 saturated heterocycles.